The number of sulfonamides is 1. The van der Waals surface area contributed by atoms with Crippen molar-refractivity contribution < 1.29 is 8.42 Å². The number of fused-ring (bicyclic) bond motifs is 1. The minimum atomic E-state index is -3.61. The van der Waals surface area contributed by atoms with Crippen LogP contribution in [0.5, 0.6) is 0 Å². The van der Waals surface area contributed by atoms with Crippen molar-refractivity contribution in [3.8, 4) is 0 Å². The molecule has 1 aliphatic heterocycles. The number of piperidine rings is 1. The van der Waals surface area contributed by atoms with Crippen LogP contribution in [0.4, 0.5) is 0 Å². The zero-order chi connectivity index (χ0) is 22.1. The first-order valence-corrected chi connectivity index (χ1v) is 11.9. The van der Waals surface area contributed by atoms with Gasteiger partial charge in [0.05, 0.1) is 11.4 Å². The first kappa shape index (κ1) is 20.5. The van der Waals surface area contributed by atoms with Gasteiger partial charge in [0, 0.05) is 19.0 Å². The summed E-state index contributed by atoms with van der Waals surface area (Å²) in [7, 11) is -3.61. The lowest BCUT2D eigenvalue weighted by Crippen LogP contribution is -2.39. The van der Waals surface area contributed by atoms with E-state index in [1.165, 1.54) is 4.31 Å². The van der Waals surface area contributed by atoms with Gasteiger partial charge in [0.2, 0.25) is 10.0 Å². The molecule has 0 aliphatic carbocycles. The summed E-state index contributed by atoms with van der Waals surface area (Å²) in [5.41, 5.74) is 1.22. The van der Waals surface area contributed by atoms with E-state index >= 15 is 0 Å². The van der Waals surface area contributed by atoms with E-state index in [9.17, 15) is 13.2 Å². The lowest BCUT2D eigenvalue weighted by Gasteiger charge is -2.31. The van der Waals surface area contributed by atoms with E-state index in [2.05, 4.69) is 20.3 Å². The van der Waals surface area contributed by atoms with E-state index in [-0.39, 0.29) is 28.4 Å². The van der Waals surface area contributed by atoms with Crippen LogP contribution >= 0.6 is 0 Å². The molecule has 1 N–H and O–H groups in total. The van der Waals surface area contributed by atoms with Gasteiger partial charge in [-0.2, -0.15) is 4.31 Å². The summed E-state index contributed by atoms with van der Waals surface area (Å²) in [6.45, 7) is 1.13. The lowest BCUT2D eigenvalue weighted by molar-refractivity contribution is 0.309. The van der Waals surface area contributed by atoms with Crippen molar-refractivity contribution in [2.75, 3.05) is 13.1 Å². The molecule has 3 heterocycles. The van der Waals surface area contributed by atoms with Crippen molar-refractivity contribution in [3.63, 3.8) is 0 Å². The number of aromatic nitrogens is 5. The van der Waals surface area contributed by atoms with Gasteiger partial charge in [0.15, 0.2) is 11.2 Å². The molecule has 0 radical (unpaired) electrons. The Bertz CT molecular complexity index is 1400. The van der Waals surface area contributed by atoms with Crippen LogP contribution in [0, 0.1) is 0 Å². The lowest BCUT2D eigenvalue weighted by atomic mass is 9.99. The van der Waals surface area contributed by atoms with Gasteiger partial charge < -0.3 is 4.98 Å². The maximum atomic E-state index is 13.1. The van der Waals surface area contributed by atoms with Gasteiger partial charge in [-0.1, -0.05) is 53.7 Å². The van der Waals surface area contributed by atoms with Crippen LogP contribution in [0.2, 0.25) is 0 Å². The highest BCUT2D eigenvalue weighted by molar-refractivity contribution is 7.89. The average molecular weight is 451 g/mol. The molecule has 0 unspecified atom stereocenters. The minimum absolute atomic E-state index is 0.175. The summed E-state index contributed by atoms with van der Waals surface area (Å²) in [4.78, 5) is 20.4. The number of hydrogen-bond acceptors (Lipinski definition) is 6. The Balaban J connectivity index is 1.46. The maximum Gasteiger partial charge on any atom is 0.281 e. The molecule has 5 rings (SSSR count). The summed E-state index contributed by atoms with van der Waals surface area (Å²) in [5.74, 6) is 0.242. The molecule has 2 aromatic carbocycles. The van der Waals surface area contributed by atoms with Crippen LogP contribution in [-0.2, 0) is 16.6 Å². The molecule has 0 amide bonds. The highest BCUT2D eigenvalue weighted by Gasteiger charge is 2.32. The predicted molar refractivity (Wildman–Crippen MR) is 119 cm³/mol. The molecular weight excluding hydrogens is 428 g/mol. The van der Waals surface area contributed by atoms with Gasteiger partial charge in [-0.25, -0.2) is 18.1 Å². The molecule has 4 aromatic rings. The third-order valence-electron chi connectivity index (χ3n) is 5.72. The Morgan fingerprint density at radius 1 is 1.03 bits per heavy atom. The molecule has 10 heteroatoms. The van der Waals surface area contributed by atoms with Crippen molar-refractivity contribution in [1.82, 2.24) is 29.3 Å². The Kier molecular flexibility index (Phi) is 5.32. The number of nitrogens with zero attached hydrogens (tertiary/aromatic N) is 5. The molecule has 1 saturated heterocycles. The summed E-state index contributed by atoms with van der Waals surface area (Å²) in [5, 5.41) is 8.10. The highest BCUT2D eigenvalue weighted by Crippen LogP contribution is 2.28. The van der Waals surface area contributed by atoms with E-state index < -0.39 is 10.0 Å². The summed E-state index contributed by atoms with van der Waals surface area (Å²) < 4.78 is 29.2. The van der Waals surface area contributed by atoms with Crippen LogP contribution in [0.25, 0.3) is 11.2 Å². The fourth-order valence-corrected chi connectivity index (χ4v) is 5.61. The SMILES string of the molecule is O=c1[nH]c([C@@H]2CCCN(S(=O)(=O)c3ccccc3)C2)nc2c1nnn2Cc1ccccc1. The number of nitrogens with one attached hydrogen (secondary N) is 1. The molecule has 164 valence electrons. The van der Waals surface area contributed by atoms with Gasteiger partial charge in [-0.15, -0.1) is 5.10 Å². The first-order chi connectivity index (χ1) is 15.5. The molecule has 1 aliphatic rings. The van der Waals surface area contributed by atoms with Crippen molar-refractivity contribution >= 4 is 21.2 Å². The maximum absolute atomic E-state index is 13.1. The number of benzene rings is 2. The molecule has 0 saturated carbocycles. The van der Waals surface area contributed by atoms with E-state index in [0.29, 0.717) is 31.0 Å². The highest BCUT2D eigenvalue weighted by atomic mass is 32.2. The van der Waals surface area contributed by atoms with E-state index in [1.54, 1.807) is 35.0 Å². The van der Waals surface area contributed by atoms with Crippen LogP contribution in [0.1, 0.15) is 30.1 Å². The molecule has 9 nitrogen and oxygen atoms in total. The van der Waals surface area contributed by atoms with Crippen molar-refractivity contribution in [2.45, 2.75) is 30.2 Å². The predicted octanol–water partition coefficient (Wildman–Crippen LogP) is 2.13. The van der Waals surface area contributed by atoms with Crippen LogP contribution in [0.15, 0.2) is 70.4 Å². The quantitative estimate of drug-likeness (QED) is 0.498. The van der Waals surface area contributed by atoms with Crippen molar-refractivity contribution in [2.24, 2.45) is 0 Å². The number of aromatic amines is 1. The molecule has 1 atom stereocenters. The fraction of sp³-hybridized carbons (Fsp3) is 0.273. The smallest absolute Gasteiger partial charge is 0.281 e. The van der Waals surface area contributed by atoms with Crippen LogP contribution < -0.4 is 5.56 Å². The van der Waals surface area contributed by atoms with Gasteiger partial charge in [-0.3, -0.25) is 4.79 Å². The Hall–Kier alpha value is -3.37. The van der Waals surface area contributed by atoms with E-state index in [4.69, 9.17) is 0 Å². The normalized spacial score (nSPS) is 17.6. The third kappa shape index (κ3) is 3.82. The standard InChI is InChI=1S/C22H22N6O3S/c29-22-19-21(28(26-25-19)14-16-8-3-1-4-9-16)23-20(24-22)17-10-7-13-27(15-17)32(30,31)18-11-5-2-6-12-18/h1-6,8-9,11-12,17H,7,10,13-15H2,(H,23,24,29)/t17-/m1/s1. The number of rotatable bonds is 5. The van der Waals surface area contributed by atoms with Gasteiger partial charge in [0.25, 0.3) is 5.56 Å². The minimum Gasteiger partial charge on any atom is -0.308 e. The average Bonchev–Trinajstić information content (AvgIpc) is 3.23. The molecule has 32 heavy (non-hydrogen) atoms. The van der Waals surface area contributed by atoms with Crippen LogP contribution in [0.3, 0.4) is 0 Å². The zero-order valence-corrected chi connectivity index (χ0v) is 18.1. The number of hydrogen-bond donors (Lipinski definition) is 1. The largest absolute Gasteiger partial charge is 0.308 e. The van der Waals surface area contributed by atoms with Crippen LogP contribution in [-0.4, -0.2) is 50.8 Å². The number of H-pyrrole nitrogens is 1. The Morgan fingerprint density at radius 3 is 2.50 bits per heavy atom. The molecule has 1 fully saturated rings. The monoisotopic (exact) mass is 450 g/mol. The molecular formula is C22H22N6O3S. The summed E-state index contributed by atoms with van der Waals surface area (Å²) in [6.07, 6.45) is 1.41. The zero-order valence-electron chi connectivity index (χ0n) is 17.3. The molecule has 0 bridgehead atoms. The van der Waals surface area contributed by atoms with Crippen molar-refractivity contribution in [3.05, 3.63) is 82.4 Å². The third-order valence-corrected chi connectivity index (χ3v) is 7.60. The van der Waals surface area contributed by atoms with Gasteiger partial charge in [-0.05, 0) is 30.5 Å². The van der Waals surface area contributed by atoms with E-state index in [1.807, 2.05) is 30.3 Å². The summed E-state index contributed by atoms with van der Waals surface area (Å²) >= 11 is 0. The molecule has 0 spiro atoms. The second-order valence-corrected chi connectivity index (χ2v) is 9.81. The molecule has 2 aromatic heterocycles. The van der Waals surface area contributed by atoms with E-state index in [0.717, 1.165) is 12.0 Å². The Labute approximate surface area is 184 Å². The van der Waals surface area contributed by atoms with Gasteiger partial charge >= 0.3 is 0 Å². The fourth-order valence-electron chi connectivity index (χ4n) is 4.06. The topological polar surface area (TPSA) is 114 Å². The Morgan fingerprint density at radius 2 is 1.75 bits per heavy atom. The summed E-state index contributed by atoms with van der Waals surface area (Å²) in [6, 6.07) is 18.1. The van der Waals surface area contributed by atoms with Gasteiger partial charge in [0.1, 0.15) is 5.82 Å². The second kappa shape index (κ2) is 8.29. The second-order valence-electron chi connectivity index (χ2n) is 7.87. The van der Waals surface area contributed by atoms with Crippen molar-refractivity contribution in [1.29, 1.82) is 0 Å². The first-order valence-electron chi connectivity index (χ1n) is 10.4.